The molecule has 2 aromatic carbocycles. The van der Waals surface area contributed by atoms with Gasteiger partial charge in [0.15, 0.2) is 0 Å². The molecule has 8 heteroatoms. The van der Waals surface area contributed by atoms with Gasteiger partial charge in [0, 0.05) is 38.3 Å². The molecule has 0 aliphatic carbocycles. The average molecular weight is 420 g/mol. The number of hydrogen-bond acceptors (Lipinski definition) is 4. The van der Waals surface area contributed by atoms with Gasteiger partial charge >= 0.3 is 0 Å². The number of carbonyl (C=O) groups excluding carboxylic acids is 1. The van der Waals surface area contributed by atoms with E-state index >= 15 is 0 Å². The minimum atomic E-state index is -3.61. The predicted molar refractivity (Wildman–Crippen MR) is 110 cm³/mol. The Morgan fingerprint density at radius 3 is 2.45 bits per heavy atom. The minimum absolute atomic E-state index is 0.140. The molecule has 3 rings (SSSR count). The molecule has 0 bridgehead atoms. The number of amides is 1. The van der Waals surface area contributed by atoms with E-state index in [9.17, 15) is 17.6 Å². The SMILES string of the molecule is CN1CCN(S(=O)(=O)c2cccc(C(=O)NCCCc3ccc(F)cc3)c2)CC1. The highest BCUT2D eigenvalue weighted by Gasteiger charge is 2.27. The number of carbonyl (C=O) groups is 1. The molecule has 0 atom stereocenters. The maximum Gasteiger partial charge on any atom is 0.251 e. The fourth-order valence-corrected chi connectivity index (χ4v) is 4.69. The Labute approximate surface area is 171 Å². The van der Waals surface area contributed by atoms with E-state index in [4.69, 9.17) is 0 Å². The zero-order valence-corrected chi connectivity index (χ0v) is 17.3. The van der Waals surface area contributed by atoms with E-state index in [0.29, 0.717) is 44.7 Å². The van der Waals surface area contributed by atoms with E-state index in [-0.39, 0.29) is 16.6 Å². The summed E-state index contributed by atoms with van der Waals surface area (Å²) in [5, 5.41) is 2.82. The quantitative estimate of drug-likeness (QED) is 0.698. The van der Waals surface area contributed by atoms with E-state index in [1.165, 1.54) is 28.6 Å². The van der Waals surface area contributed by atoms with Gasteiger partial charge in [-0.15, -0.1) is 0 Å². The summed E-state index contributed by atoms with van der Waals surface area (Å²) in [5.74, 6) is -0.576. The van der Waals surface area contributed by atoms with Crippen molar-refractivity contribution in [1.82, 2.24) is 14.5 Å². The second-order valence-corrected chi connectivity index (χ2v) is 9.16. The van der Waals surface area contributed by atoms with Gasteiger partial charge in [-0.1, -0.05) is 18.2 Å². The number of likely N-dealkylation sites (N-methyl/N-ethyl adjacent to an activating group) is 1. The van der Waals surface area contributed by atoms with Gasteiger partial charge in [-0.25, -0.2) is 12.8 Å². The van der Waals surface area contributed by atoms with Crippen LogP contribution in [0.25, 0.3) is 0 Å². The minimum Gasteiger partial charge on any atom is -0.352 e. The number of halogens is 1. The van der Waals surface area contributed by atoms with E-state index < -0.39 is 10.0 Å². The van der Waals surface area contributed by atoms with Crippen LogP contribution in [0.3, 0.4) is 0 Å². The Kier molecular flexibility index (Phi) is 7.00. The Bertz CT molecular complexity index is 940. The third kappa shape index (κ3) is 5.62. The lowest BCUT2D eigenvalue weighted by Gasteiger charge is -2.31. The predicted octanol–water partition coefficient (Wildman–Crippen LogP) is 2.12. The second kappa shape index (κ2) is 9.47. The summed E-state index contributed by atoms with van der Waals surface area (Å²) < 4.78 is 40.1. The molecule has 1 fully saturated rings. The first-order valence-electron chi connectivity index (χ1n) is 9.68. The number of piperazine rings is 1. The van der Waals surface area contributed by atoms with Gasteiger partial charge < -0.3 is 10.2 Å². The highest BCUT2D eigenvalue weighted by Crippen LogP contribution is 2.18. The number of nitrogens with one attached hydrogen (secondary N) is 1. The summed E-state index contributed by atoms with van der Waals surface area (Å²) >= 11 is 0. The molecule has 1 N–H and O–H groups in total. The third-order valence-corrected chi connectivity index (χ3v) is 6.93. The molecule has 1 heterocycles. The Morgan fingerprint density at radius 1 is 1.07 bits per heavy atom. The Balaban J connectivity index is 1.56. The summed E-state index contributed by atoms with van der Waals surface area (Å²) in [7, 11) is -1.65. The average Bonchev–Trinajstić information content (AvgIpc) is 2.73. The fourth-order valence-electron chi connectivity index (χ4n) is 3.22. The number of nitrogens with zero attached hydrogens (tertiary/aromatic N) is 2. The third-order valence-electron chi connectivity index (χ3n) is 5.04. The van der Waals surface area contributed by atoms with Gasteiger partial charge in [0.25, 0.3) is 5.91 Å². The van der Waals surface area contributed by atoms with Crippen molar-refractivity contribution < 1.29 is 17.6 Å². The molecular formula is C21H26FN3O3S. The van der Waals surface area contributed by atoms with Crippen molar-refractivity contribution in [3.05, 3.63) is 65.5 Å². The number of hydrogen-bond donors (Lipinski definition) is 1. The monoisotopic (exact) mass is 419 g/mol. The van der Waals surface area contributed by atoms with Crippen LogP contribution in [0.2, 0.25) is 0 Å². The van der Waals surface area contributed by atoms with Crippen LogP contribution in [-0.2, 0) is 16.4 Å². The standard InChI is InChI=1S/C21H26FN3O3S/c1-24-12-14-25(15-13-24)29(27,28)20-6-2-5-18(16-20)21(26)23-11-3-4-17-7-9-19(22)10-8-17/h2,5-10,16H,3-4,11-15H2,1H3,(H,23,26). The van der Waals surface area contributed by atoms with Crippen molar-refractivity contribution in [1.29, 1.82) is 0 Å². The fraction of sp³-hybridized carbons (Fsp3) is 0.381. The molecule has 0 spiro atoms. The number of sulfonamides is 1. The largest absolute Gasteiger partial charge is 0.352 e. The van der Waals surface area contributed by atoms with Crippen molar-refractivity contribution in [2.24, 2.45) is 0 Å². The van der Waals surface area contributed by atoms with Crippen LogP contribution in [0, 0.1) is 5.82 Å². The van der Waals surface area contributed by atoms with Crippen molar-refractivity contribution in [2.75, 3.05) is 39.8 Å². The zero-order chi connectivity index (χ0) is 20.9. The summed E-state index contributed by atoms with van der Waals surface area (Å²) in [4.78, 5) is 14.6. The molecule has 1 saturated heterocycles. The molecule has 0 saturated carbocycles. The molecule has 1 aliphatic rings. The normalized spacial score (nSPS) is 15.9. The molecule has 29 heavy (non-hydrogen) atoms. The van der Waals surface area contributed by atoms with Crippen LogP contribution in [0.4, 0.5) is 4.39 Å². The van der Waals surface area contributed by atoms with Gasteiger partial charge in [0.05, 0.1) is 4.90 Å². The van der Waals surface area contributed by atoms with Crippen LogP contribution >= 0.6 is 0 Å². The van der Waals surface area contributed by atoms with Crippen LogP contribution in [0.1, 0.15) is 22.3 Å². The van der Waals surface area contributed by atoms with Gasteiger partial charge in [0.1, 0.15) is 5.82 Å². The first kappa shape index (κ1) is 21.4. The molecular weight excluding hydrogens is 393 g/mol. The smallest absolute Gasteiger partial charge is 0.251 e. The van der Waals surface area contributed by atoms with Crippen LogP contribution in [0.5, 0.6) is 0 Å². The van der Waals surface area contributed by atoms with E-state index in [1.54, 1.807) is 24.3 Å². The lowest BCUT2D eigenvalue weighted by Crippen LogP contribution is -2.47. The lowest BCUT2D eigenvalue weighted by molar-refractivity contribution is 0.0953. The summed E-state index contributed by atoms with van der Waals surface area (Å²) in [6.45, 7) is 2.71. The summed E-state index contributed by atoms with van der Waals surface area (Å²) in [6, 6.07) is 12.4. The lowest BCUT2D eigenvalue weighted by atomic mass is 10.1. The van der Waals surface area contributed by atoms with Gasteiger partial charge in [0.2, 0.25) is 10.0 Å². The highest BCUT2D eigenvalue weighted by molar-refractivity contribution is 7.89. The second-order valence-electron chi connectivity index (χ2n) is 7.22. The van der Waals surface area contributed by atoms with E-state index in [2.05, 4.69) is 10.2 Å². The zero-order valence-electron chi connectivity index (χ0n) is 16.5. The molecule has 2 aromatic rings. The Morgan fingerprint density at radius 2 is 1.76 bits per heavy atom. The molecule has 0 unspecified atom stereocenters. The Hall–Kier alpha value is -2.29. The molecule has 156 valence electrons. The van der Waals surface area contributed by atoms with E-state index in [1.807, 2.05) is 7.05 Å². The summed E-state index contributed by atoms with van der Waals surface area (Å²) in [5.41, 5.74) is 1.32. The highest BCUT2D eigenvalue weighted by atomic mass is 32.2. The molecule has 0 radical (unpaired) electrons. The number of rotatable bonds is 7. The van der Waals surface area contributed by atoms with Gasteiger partial charge in [-0.2, -0.15) is 4.31 Å². The number of benzene rings is 2. The first-order chi connectivity index (χ1) is 13.9. The van der Waals surface area contributed by atoms with E-state index in [0.717, 1.165) is 12.0 Å². The van der Waals surface area contributed by atoms with Gasteiger partial charge in [-0.3, -0.25) is 4.79 Å². The molecule has 1 aliphatic heterocycles. The first-order valence-corrected chi connectivity index (χ1v) is 11.1. The van der Waals surface area contributed by atoms with Crippen molar-refractivity contribution >= 4 is 15.9 Å². The maximum absolute atomic E-state index is 12.9. The van der Waals surface area contributed by atoms with Crippen LogP contribution in [0.15, 0.2) is 53.4 Å². The van der Waals surface area contributed by atoms with Crippen molar-refractivity contribution in [3.63, 3.8) is 0 Å². The molecule has 6 nitrogen and oxygen atoms in total. The van der Waals surface area contributed by atoms with Crippen molar-refractivity contribution in [2.45, 2.75) is 17.7 Å². The summed E-state index contributed by atoms with van der Waals surface area (Å²) in [6.07, 6.45) is 1.43. The van der Waals surface area contributed by atoms with Crippen LogP contribution < -0.4 is 5.32 Å². The molecule has 0 aromatic heterocycles. The van der Waals surface area contributed by atoms with Crippen molar-refractivity contribution in [3.8, 4) is 0 Å². The number of aryl methyl sites for hydroxylation is 1. The maximum atomic E-state index is 12.9. The van der Waals surface area contributed by atoms with Gasteiger partial charge in [-0.05, 0) is 55.8 Å². The molecule has 1 amide bonds. The topological polar surface area (TPSA) is 69.7 Å². The van der Waals surface area contributed by atoms with Crippen LogP contribution in [-0.4, -0.2) is 63.3 Å².